The van der Waals surface area contributed by atoms with Gasteiger partial charge in [-0.2, -0.15) is 10.2 Å². The van der Waals surface area contributed by atoms with Crippen molar-refractivity contribution in [1.29, 1.82) is 0 Å². The molecule has 6 nitrogen and oxygen atoms in total. The normalized spacial score (nSPS) is 14.4. The molecule has 6 heteroatoms. The molecule has 0 radical (unpaired) electrons. The molecule has 0 saturated carbocycles. The molecule has 110 valence electrons. The highest BCUT2D eigenvalue weighted by molar-refractivity contribution is 5.16. The van der Waals surface area contributed by atoms with Crippen LogP contribution in [0.2, 0.25) is 0 Å². The lowest BCUT2D eigenvalue weighted by molar-refractivity contribution is 0.462. The molecule has 20 heavy (non-hydrogen) atoms. The maximum Gasteiger partial charge on any atom is 0.0685 e. The molecule has 2 aromatic heterocycles. The first kappa shape index (κ1) is 14.7. The van der Waals surface area contributed by atoms with Gasteiger partial charge >= 0.3 is 0 Å². The van der Waals surface area contributed by atoms with Gasteiger partial charge in [-0.25, -0.2) is 0 Å². The van der Waals surface area contributed by atoms with E-state index in [2.05, 4.69) is 41.6 Å². The van der Waals surface area contributed by atoms with E-state index in [4.69, 9.17) is 5.84 Å². The topological polar surface area (TPSA) is 73.7 Å². The van der Waals surface area contributed by atoms with Gasteiger partial charge < -0.3 is 0 Å². The molecule has 0 amide bonds. The van der Waals surface area contributed by atoms with Gasteiger partial charge in [0.15, 0.2) is 0 Å². The average Bonchev–Trinajstić information content (AvgIpc) is 3.02. The number of nitrogens with one attached hydrogen (secondary N) is 1. The van der Waals surface area contributed by atoms with E-state index in [1.165, 1.54) is 0 Å². The highest BCUT2D eigenvalue weighted by atomic mass is 15.3. The first-order valence-electron chi connectivity index (χ1n) is 7.05. The standard InChI is InChI=1S/C14H24N6/c1-5-11(3)20-7-6-12(18-20)9-13(16-15)14-8-10(2)17-19(14)4/h6-8,11,13,16H,5,9,15H2,1-4H3. The molecule has 0 aliphatic carbocycles. The number of aryl methyl sites for hydroxylation is 2. The lowest BCUT2D eigenvalue weighted by atomic mass is 10.1. The fourth-order valence-electron chi connectivity index (χ4n) is 2.33. The van der Waals surface area contributed by atoms with Crippen LogP contribution in [-0.4, -0.2) is 19.6 Å². The van der Waals surface area contributed by atoms with E-state index < -0.39 is 0 Å². The Bertz CT molecular complexity index is 556. The predicted molar refractivity (Wildman–Crippen MR) is 78.9 cm³/mol. The molecule has 0 aliphatic rings. The minimum Gasteiger partial charge on any atom is -0.271 e. The van der Waals surface area contributed by atoms with Gasteiger partial charge in [-0.1, -0.05) is 6.92 Å². The van der Waals surface area contributed by atoms with Crippen molar-refractivity contribution in [3.63, 3.8) is 0 Å². The molecule has 2 unspecified atom stereocenters. The molecule has 2 heterocycles. The molecule has 2 atom stereocenters. The van der Waals surface area contributed by atoms with Crippen molar-refractivity contribution in [2.45, 2.75) is 45.7 Å². The molecule has 3 N–H and O–H groups in total. The van der Waals surface area contributed by atoms with Gasteiger partial charge in [-0.15, -0.1) is 0 Å². The molecule has 0 saturated heterocycles. The summed E-state index contributed by atoms with van der Waals surface area (Å²) < 4.78 is 3.88. The number of aromatic nitrogens is 4. The van der Waals surface area contributed by atoms with Gasteiger partial charge in [-0.3, -0.25) is 20.6 Å². The van der Waals surface area contributed by atoms with E-state index in [1.807, 2.05) is 29.5 Å². The van der Waals surface area contributed by atoms with E-state index in [0.717, 1.165) is 29.9 Å². The van der Waals surface area contributed by atoms with E-state index in [1.54, 1.807) is 0 Å². The molecule has 0 aliphatic heterocycles. The zero-order chi connectivity index (χ0) is 14.7. The van der Waals surface area contributed by atoms with Gasteiger partial charge in [-0.05, 0) is 32.4 Å². The summed E-state index contributed by atoms with van der Waals surface area (Å²) in [6.45, 7) is 6.31. The Kier molecular flexibility index (Phi) is 4.57. The van der Waals surface area contributed by atoms with E-state index in [0.29, 0.717) is 6.04 Å². The number of rotatable bonds is 6. The highest BCUT2D eigenvalue weighted by Crippen LogP contribution is 2.18. The van der Waals surface area contributed by atoms with Gasteiger partial charge in [0.25, 0.3) is 0 Å². The molecule has 2 rings (SSSR count). The fraction of sp³-hybridized carbons (Fsp3) is 0.571. The third-order valence-electron chi connectivity index (χ3n) is 3.72. The van der Waals surface area contributed by atoms with Crippen molar-refractivity contribution >= 4 is 0 Å². The molecule has 0 bridgehead atoms. The summed E-state index contributed by atoms with van der Waals surface area (Å²) >= 11 is 0. The van der Waals surface area contributed by atoms with Crippen LogP contribution < -0.4 is 11.3 Å². The zero-order valence-corrected chi connectivity index (χ0v) is 12.7. The minimum atomic E-state index is 0.0153. The first-order valence-corrected chi connectivity index (χ1v) is 7.05. The smallest absolute Gasteiger partial charge is 0.0685 e. The molecule has 2 aromatic rings. The molecular formula is C14H24N6. The maximum atomic E-state index is 5.70. The molecule has 0 fully saturated rings. The summed E-state index contributed by atoms with van der Waals surface area (Å²) in [6.07, 6.45) is 3.85. The van der Waals surface area contributed by atoms with Crippen LogP contribution in [0.25, 0.3) is 0 Å². The summed E-state index contributed by atoms with van der Waals surface area (Å²) in [5, 5.41) is 8.99. The van der Waals surface area contributed by atoms with E-state index in [9.17, 15) is 0 Å². The Balaban J connectivity index is 2.14. The lowest BCUT2D eigenvalue weighted by Gasteiger charge is -2.15. The van der Waals surface area contributed by atoms with Crippen molar-refractivity contribution in [2.24, 2.45) is 12.9 Å². The SMILES string of the molecule is CCC(C)n1ccc(CC(NN)c2cc(C)nn2C)n1. The van der Waals surface area contributed by atoms with Crippen LogP contribution in [0.4, 0.5) is 0 Å². The first-order chi connectivity index (χ1) is 9.55. The van der Waals surface area contributed by atoms with Crippen molar-refractivity contribution in [2.75, 3.05) is 0 Å². The van der Waals surface area contributed by atoms with Crippen LogP contribution in [0.5, 0.6) is 0 Å². The second kappa shape index (κ2) is 6.19. The number of hydrazine groups is 1. The number of nitrogens with two attached hydrogens (primary N) is 1. The highest BCUT2D eigenvalue weighted by Gasteiger charge is 2.17. The molecule has 0 spiro atoms. The predicted octanol–water partition coefficient (Wildman–Crippen LogP) is 1.64. The van der Waals surface area contributed by atoms with Crippen molar-refractivity contribution in [1.82, 2.24) is 25.0 Å². The number of hydrogen-bond acceptors (Lipinski definition) is 4. The second-order valence-corrected chi connectivity index (χ2v) is 5.30. The zero-order valence-electron chi connectivity index (χ0n) is 12.7. The molecule has 0 aromatic carbocycles. The Morgan fingerprint density at radius 1 is 1.40 bits per heavy atom. The summed E-state index contributed by atoms with van der Waals surface area (Å²) in [4.78, 5) is 0. The lowest BCUT2D eigenvalue weighted by Crippen LogP contribution is -2.31. The summed E-state index contributed by atoms with van der Waals surface area (Å²) in [6, 6.07) is 4.55. The Hall–Kier alpha value is -1.66. The van der Waals surface area contributed by atoms with Crippen molar-refractivity contribution in [3.8, 4) is 0 Å². The van der Waals surface area contributed by atoms with Crippen LogP contribution in [0, 0.1) is 6.92 Å². The summed E-state index contributed by atoms with van der Waals surface area (Å²) in [5.74, 6) is 5.70. The molecular weight excluding hydrogens is 252 g/mol. The van der Waals surface area contributed by atoms with Crippen molar-refractivity contribution < 1.29 is 0 Å². The van der Waals surface area contributed by atoms with Crippen LogP contribution in [0.1, 0.15) is 49.4 Å². The van der Waals surface area contributed by atoms with Crippen LogP contribution >= 0.6 is 0 Å². The van der Waals surface area contributed by atoms with E-state index >= 15 is 0 Å². The van der Waals surface area contributed by atoms with Gasteiger partial charge in [0.05, 0.1) is 23.1 Å². The van der Waals surface area contributed by atoms with Crippen molar-refractivity contribution in [3.05, 3.63) is 35.4 Å². The number of nitrogens with zero attached hydrogens (tertiary/aromatic N) is 4. The largest absolute Gasteiger partial charge is 0.271 e. The summed E-state index contributed by atoms with van der Waals surface area (Å²) in [5.41, 5.74) is 5.96. The fourth-order valence-corrected chi connectivity index (χ4v) is 2.33. The van der Waals surface area contributed by atoms with Crippen LogP contribution in [0.3, 0.4) is 0 Å². The Morgan fingerprint density at radius 2 is 2.15 bits per heavy atom. The monoisotopic (exact) mass is 276 g/mol. The minimum absolute atomic E-state index is 0.0153. The quantitative estimate of drug-likeness (QED) is 0.621. The van der Waals surface area contributed by atoms with Gasteiger partial charge in [0, 0.05) is 25.7 Å². The second-order valence-electron chi connectivity index (χ2n) is 5.30. The third-order valence-corrected chi connectivity index (χ3v) is 3.72. The number of hydrogen-bond donors (Lipinski definition) is 2. The van der Waals surface area contributed by atoms with E-state index in [-0.39, 0.29) is 6.04 Å². The average molecular weight is 276 g/mol. The third kappa shape index (κ3) is 3.08. The van der Waals surface area contributed by atoms with Gasteiger partial charge in [0.2, 0.25) is 0 Å². The maximum absolute atomic E-state index is 5.70. The Labute approximate surface area is 119 Å². The van der Waals surface area contributed by atoms with Crippen LogP contribution in [-0.2, 0) is 13.5 Å². The van der Waals surface area contributed by atoms with Gasteiger partial charge in [0.1, 0.15) is 0 Å². The Morgan fingerprint density at radius 3 is 2.70 bits per heavy atom. The summed E-state index contributed by atoms with van der Waals surface area (Å²) in [7, 11) is 1.93. The van der Waals surface area contributed by atoms with Crippen LogP contribution in [0.15, 0.2) is 18.3 Å².